The molecule has 0 saturated carbocycles. The minimum atomic E-state index is -0.924. The third kappa shape index (κ3) is 3.07. The Morgan fingerprint density at radius 1 is 1.29 bits per heavy atom. The van der Waals surface area contributed by atoms with Crippen molar-refractivity contribution in [2.24, 2.45) is 12.8 Å². The van der Waals surface area contributed by atoms with Crippen LogP contribution in [0.3, 0.4) is 0 Å². The number of carbonyl (C=O) groups is 2. The van der Waals surface area contributed by atoms with Crippen molar-refractivity contribution in [3.05, 3.63) is 42.0 Å². The van der Waals surface area contributed by atoms with Crippen LogP contribution in [0.5, 0.6) is 5.75 Å². The molecule has 21 heavy (non-hydrogen) atoms. The summed E-state index contributed by atoms with van der Waals surface area (Å²) < 4.78 is 6.31. The summed E-state index contributed by atoms with van der Waals surface area (Å²) in [6, 6.07) is 2.98. The molecule has 0 saturated heterocycles. The molecule has 0 spiro atoms. The number of nitrogens with zero attached hydrogens (tertiary/aromatic N) is 3. The molecule has 0 radical (unpaired) electrons. The van der Waals surface area contributed by atoms with E-state index in [-0.39, 0.29) is 17.2 Å². The van der Waals surface area contributed by atoms with Crippen LogP contribution in [0.2, 0.25) is 0 Å². The quantitative estimate of drug-likeness (QED) is 0.858. The van der Waals surface area contributed by atoms with Gasteiger partial charge in [-0.25, -0.2) is 9.78 Å². The fraction of sp³-hybridized carbons (Fsp3) is 0.286. The minimum Gasteiger partial charge on any atom is -0.409 e. The maximum absolute atomic E-state index is 12.6. The molecule has 0 aromatic carbocycles. The lowest BCUT2D eigenvalue weighted by atomic mass is 9.81. The number of aromatic nitrogens is 3. The molecule has 0 unspecified atom stereocenters. The zero-order valence-electron chi connectivity index (χ0n) is 12.0. The zero-order chi connectivity index (χ0) is 15.6. The monoisotopic (exact) mass is 288 g/mol. The van der Waals surface area contributed by atoms with Crippen LogP contribution in [0.1, 0.15) is 29.9 Å². The first-order valence-corrected chi connectivity index (χ1v) is 6.28. The van der Waals surface area contributed by atoms with Crippen molar-refractivity contribution < 1.29 is 14.3 Å². The van der Waals surface area contributed by atoms with Crippen molar-refractivity contribution in [1.29, 1.82) is 0 Å². The van der Waals surface area contributed by atoms with E-state index in [9.17, 15) is 9.59 Å². The largest absolute Gasteiger partial charge is 0.410 e. The minimum absolute atomic E-state index is 0.152. The topological polar surface area (TPSA) is 100 Å². The van der Waals surface area contributed by atoms with E-state index in [2.05, 4.69) is 14.8 Å². The molecule has 110 valence electrons. The summed E-state index contributed by atoms with van der Waals surface area (Å²) in [4.78, 5) is 27.2. The number of Topliss-reactive ketones (excluding diaryl/α,β-unsaturated/α-hetero) is 1. The maximum Gasteiger partial charge on any atom is 0.410 e. The van der Waals surface area contributed by atoms with Crippen molar-refractivity contribution in [3.8, 4) is 5.75 Å². The Morgan fingerprint density at radius 3 is 2.48 bits per heavy atom. The van der Waals surface area contributed by atoms with Gasteiger partial charge < -0.3 is 10.5 Å². The molecular weight excluding hydrogens is 272 g/mol. The summed E-state index contributed by atoms with van der Waals surface area (Å²) in [5.41, 5.74) is 5.23. The van der Waals surface area contributed by atoms with Crippen molar-refractivity contribution >= 4 is 11.9 Å². The van der Waals surface area contributed by atoms with Crippen molar-refractivity contribution in [2.75, 3.05) is 0 Å². The molecular formula is C14H16N4O3. The number of amides is 1. The van der Waals surface area contributed by atoms with Gasteiger partial charge >= 0.3 is 6.09 Å². The van der Waals surface area contributed by atoms with Crippen LogP contribution in [-0.2, 0) is 12.5 Å². The summed E-state index contributed by atoms with van der Waals surface area (Å²) in [5, 5.41) is 4.08. The summed E-state index contributed by atoms with van der Waals surface area (Å²) in [5.74, 6) is 0.0411. The second kappa shape index (κ2) is 5.35. The Kier molecular flexibility index (Phi) is 3.75. The van der Waals surface area contributed by atoms with Crippen molar-refractivity contribution in [2.45, 2.75) is 19.3 Å². The third-order valence-electron chi connectivity index (χ3n) is 3.18. The molecule has 0 fully saturated rings. The molecule has 0 aliphatic carbocycles. The first-order valence-electron chi connectivity index (χ1n) is 6.28. The number of hydrogen-bond acceptors (Lipinski definition) is 5. The Balaban J connectivity index is 2.25. The van der Waals surface area contributed by atoms with Crippen LogP contribution < -0.4 is 10.5 Å². The number of aryl methyl sites for hydroxylation is 1. The average molecular weight is 288 g/mol. The molecule has 0 atom stereocenters. The maximum atomic E-state index is 12.6. The predicted molar refractivity (Wildman–Crippen MR) is 75.0 cm³/mol. The predicted octanol–water partition coefficient (Wildman–Crippen LogP) is 1.43. The smallest absolute Gasteiger partial charge is 0.409 e. The SMILES string of the molecule is Cn1cc(C(C)(C)C(=O)c2ccc(OC(N)=O)cn2)cn1. The molecule has 7 heteroatoms. The van der Waals surface area contributed by atoms with Gasteiger partial charge in [-0.2, -0.15) is 5.10 Å². The van der Waals surface area contributed by atoms with Crippen LogP contribution in [0.25, 0.3) is 0 Å². The highest BCUT2D eigenvalue weighted by Crippen LogP contribution is 2.27. The molecule has 0 bridgehead atoms. The van der Waals surface area contributed by atoms with E-state index in [1.165, 1.54) is 18.3 Å². The Morgan fingerprint density at radius 2 is 2.00 bits per heavy atom. The van der Waals surface area contributed by atoms with Gasteiger partial charge in [0.1, 0.15) is 5.69 Å². The third-order valence-corrected chi connectivity index (χ3v) is 3.18. The summed E-state index contributed by atoms with van der Waals surface area (Å²) in [6.45, 7) is 3.61. The fourth-order valence-electron chi connectivity index (χ4n) is 1.89. The lowest BCUT2D eigenvalue weighted by Crippen LogP contribution is -2.29. The summed E-state index contributed by atoms with van der Waals surface area (Å²) in [6.07, 6.45) is 3.81. The molecule has 2 heterocycles. The van der Waals surface area contributed by atoms with Gasteiger partial charge in [0, 0.05) is 18.8 Å². The summed E-state index contributed by atoms with van der Waals surface area (Å²) >= 11 is 0. The Hall–Kier alpha value is -2.70. The average Bonchev–Trinajstić information content (AvgIpc) is 2.85. The normalized spacial score (nSPS) is 11.2. The Labute approximate surface area is 121 Å². The van der Waals surface area contributed by atoms with Gasteiger partial charge in [0.15, 0.2) is 11.5 Å². The van der Waals surface area contributed by atoms with Crippen LogP contribution >= 0.6 is 0 Å². The molecule has 7 nitrogen and oxygen atoms in total. The molecule has 1 amide bonds. The highest BCUT2D eigenvalue weighted by Gasteiger charge is 2.32. The van der Waals surface area contributed by atoms with Gasteiger partial charge in [-0.1, -0.05) is 0 Å². The van der Waals surface area contributed by atoms with Crippen LogP contribution in [-0.4, -0.2) is 26.6 Å². The molecule has 2 aromatic heterocycles. The number of pyridine rings is 1. The first-order chi connectivity index (χ1) is 9.80. The first kappa shape index (κ1) is 14.7. The lowest BCUT2D eigenvalue weighted by molar-refractivity contribution is 0.0903. The molecule has 2 N–H and O–H groups in total. The standard InChI is InChI=1S/C14H16N4O3/c1-14(2,9-6-17-18(3)8-9)12(19)11-5-4-10(7-16-11)21-13(15)20/h4-8H,1-3H3,(H2,15,20). The number of ether oxygens (including phenoxy) is 1. The number of carbonyl (C=O) groups excluding carboxylic acids is 2. The fourth-order valence-corrected chi connectivity index (χ4v) is 1.89. The zero-order valence-corrected chi connectivity index (χ0v) is 12.0. The second-order valence-electron chi connectivity index (χ2n) is 5.16. The van der Waals surface area contributed by atoms with E-state index in [0.29, 0.717) is 0 Å². The van der Waals surface area contributed by atoms with E-state index in [4.69, 9.17) is 5.73 Å². The van der Waals surface area contributed by atoms with Crippen molar-refractivity contribution in [1.82, 2.24) is 14.8 Å². The van der Waals surface area contributed by atoms with Gasteiger partial charge in [-0.05, 0) is 26.0 Å². The number of rotatable bonds is 4. The number of hydrogen-bond donors (Lipinski definition) is 1. The van der Waals surface area contributed by atoms with Crippen LogP contribution in [0, 0.1) is 0 Å². The van der Waals surface area contributed by atoms with E-state index in [0.717, 1.165) is 5.56 Å². The van der Waals surface area contributed by atoms with E-state index in [1.807, 2.05) is 13.8 Å². The number of nitrogens with two attached hydrogens (primary N) is 1. The van der Waals surface area contributed by atoms with Crippen molar-refractivity contribution in [3.63, 3.8) is 0 Å². The molecule has 0 aliphatic rings. The van der Waals surface area contributed by atoms with Gasteiger partial charge in [-0.15, -0.1) is 0 Å². The second-order valence-corrected chi connectivity index (χ2v) is 5.16. The molecule has 2 aromatic rings. The molecule has 2 rings (SSSR count). The van der Waals surface area contributed by atoms with Gasteiger partial charge in [0.2, 0.25) is 0 Å². The van der Waals surface area contributed by atoms with E-state index >= 15 is 0 Å². The highest BCUT2D eigenvalue weighted by atomic mass is 16.5. The highest BCUT2D eigenvalue weighted by molar-refractivity contribution is 6.02. The Bertz CT molecular complexity index is 674. The van der Waals surface area contributed by atoms with Gasteiger partial charge in [0.25, 0.3) is 0 Å². The summed E-state index contributed by atoms with van der Waals surface area (Å²) in [7, 11) is 1.79. The van der Waals surface area contributed by atoms with Gasteiger partial charge in [0.05, 0.1) is 17.8 Å². The van der Waals surface area contributed by atoms with E-state index in [1.54, 1.807) is 24.1 Å². The van der Waals surface area contributed by atoms with Crippen LogP contribution in [0.4, 0.5) is 4.79 Å². The van der Waals surface area contributed by atoms with Gasteiger partial charge in [-0.3, -0.25) is 9.48 Å². The number of ketones is 1. The number of primary amides is 1. The van der Waals surface area contributed by atoms with Crippen LogP contribution in [0.15, 0.2) is 30.7 Å². The lowest BCUT2D eigenvalue weighted by Gasteiger charge is -2.21. The molecule has 0 aliphatic heterocycles. The van der Waals surface area contributed by atoms with E-state index < -0.39 is 11.5 Å².